The number of aromatic nitrogens is 1. The molecule has 0 atom stereocenters. The first-order valence-electron chi connectivity index (χ1n) is 5.30. The highest BCUT2D eigenvalue weighted by atomic mass is 79.9. The van der Waals surface area contributed by atoms with Gasteiger partial charge in [-0.3, -0.25) is 4.79 Å². The first kappa shape index (κ1) is 12.6. The number of hydrogen-bond donors (Lipinski definition) is 2. The van der Waals surface area contributed by atoms with Crippen molar-refractivity contribution in [3.05, 3.63) is 52.1 Å². The highest BCUT2D eigenvalue weighted by Gasteiger charge is 2.08. The topological polar surface area (TPSA) is 62.2 Å². The van der Waals surface area contributed by atoms with Gasteiger partial charge in [-0.25, -0.2) is 4.98 Å². The number of amides is 1. The average Bonchev–Trinajstić information content (AvgIpc) is 2.34. The minimum absolute atomic E-state index is 0.0580. The standard InChI is InChI=1S/C13H11BrN2O2/c1-8-11(14)5-6-12(15-8)16-13(18)9-3-2-4-10(17)7-9/h2-7,17H,1H3,(H,15,16,18). The molecule has 0 fully saturated rings. The monoisotopic (exact) mass is 306 g/mol. The number of anilines is 1. The van der Waals surface area contributed by atoms with E-state index < -0.39 is 0 Å². The summed E-state index contributed by atoms with van der Waals surface area (Å²) in [5.41, 5.74) is 1.18. The molecular weight excluding hydrogens is 296 g/mol. The van der Waals surface area contributed by atoms with E-state index in [1.54, 1.807) is 18.2 Å². The van der Waals surface area contributed by atoms with Crippen molar-refractivity contribution in [1.29, 1.82) is 0 Å². The van der Waals surface area contributed by atoms with Gasteiger partial charge in [0.25, 0.3) is 5.91 Å². The van der Waals surface area contributed by atoms with Gasteiger partial charge in [0, 0.05) is 10.0 Å². The van der Waals surface area contributed by atoms with Crippen LogP contribution in [0.1, 0.15) is 16.1 Å². The number of nitrogens with zero attached hydrogens (tertiary/aromatic N) is 1. The summed E-state index contributed by atoms with van der Waals surface area (Å²) in [5, 5.41) is 12.0. The van der Waals surface area contributed by atoms with Crippen molar-refractivity contribution in [3.8, 4) is 5.75 Å². The molecule has 2 aromatic rings. The van der Waals surface area contributed by atoms with E-state index in [0.717, 1.165) is 10.2 Å². The van der Waals surface area contributed by atoms with E-state index in [-0.39, 0.29) is 11.7 Å². The number of phenols is 1. The molecule has 92 valence electrons. The Morgan fingerprint density at radius 3 is 2.78 bits per heavy atom. The lowest BCUT2D eigenvalue weighted by Gasteiger charge is -2.06. The molecular formula is C13H11BrN2O2. The summed E-state index contributed by atoms with van der Waals surface area (Å²) in [7, 11) is 0. The van der Waals surface area contributed by atoms with Crippen molar-refractivity contribution >= 4 is 27.7 Å². The van der Waals surface area contributed by atoms with E-state index in [0.29, 0.717) is 11.4 Å². The predicted molar refractivity (Wildman–Crippen MR) is 72.7 cm³/mol. The number of nitrogens with one attached hydrogen (secondary N) is 1. The molecule has 0 bridgehead atoms. The molecule has 0 unspecified atom stereocenters. The van der Waals surface area contributed by atoms with Gasteiger partial charge in [-0.2, -0.15) is 0 Å². The molecule has 5 heteroatoms. The third-order valence-electron chi connectivity index (χ3n) is 2.37. The number of rotatable bonds is 2. The second-order valence-corrected chi connectivity index (χ2v) is 4.62. The van der Waals surface area contributed by atoms with E-state index in [9.17, 15) is 9.90 Å². The Bertz CT molecular complexity index is 599. The lowest BCUT2D eigenvalue weighted by Crippen LogP contribution is -2.13. The third-order valence-corrected chi connectivity index (χ3v) is 3.21. The average molecular weight is 307 g/mol. The summed E-state index contributed by atoms with van der Waals surface area (Å²) in [4.78, 5) is 16.1. The van der Waals surface area contributed by atoms with Crippen LogP contribution in [0.4, 0.5) is 5.82 Å². The Morgan fingerprint density at radius 2 is 2.11 bits per heavy atom. The summed E-state index contributed by atoms with van der Waals surface area (Å²) in [6, 6.07) is 9.68. The molecule has 1 aromatic heterocycles. The van der Waals surface area contributed by atoms with Gasteiger partial charge >= 0.3 is 0 Å². The molecule has 1 heterocycles. The number of carbonyl (C=O) groups excluding carboxylic acids is 1. The zero-order valence-electron chi connectivity index (χ0n) is 9.64. The first-order valence-corrected chi connectivity index (χ1v) is 6.09. The van der Waals surface area contributed by atoms with Crippen LogP contribution in [0, 0.1) is 6.92 Å². The van der Waals surface area contributed by atoms with Crippen LogP contribution in [0.3, 0.4) is 0 Å². The normalized spacial score (nSPS) is 10.1. The van der Waals surface area contributed by atoms with Gasteiger partial charge in [-0.05, 0) is 53.2 Å². The Kier molecular flexibility index (Phi) is 3.62. The minimum Gasteiger partial charge on any atom is -0.508 e. The molecule has 0 aliphatic carbocycles. The summed E-state index contributed by atoms with van der Waals surface area (Å²) in [6.07, 6.45) is 0. The van der Waals surface area contributed by atoms with Crippen LogP contribution in [-0.2, 0) is 0 Å². The van der Waals surface area contributed by atoms with Crippen molar-refractivity contribution in [1.82, 2.24) is 4.98 Å². The fourth-order valence-electron chi connectivity index (χ4n) is 1.45. The fourth-order valence-corrected chi connectivity index (χ4v) is 1.67. The van der Waals surface area contributed by atoms with Gasteiger partial charge in [0.15, 0.2) is 0 Å². The maximum absolute atomic E-state index is 11.9. The number of halogens is 1. The Labute approximate surface area is 113 Å². The predicted octanol–water partition coefficient (Wildman–Crippen LogP) is 3.11. The van der Waals surface area contributed by atoms with Crippen molar-refractivity contribution in [2.45, 2.75) is 6.92 Å². The van der Waals surface area contributed by atoms with Crippen LogP contribution < -0.4 is 5.32 Å². The number of benzene rings is 1. The van der Waals surface area contributed by atoms with Gasteiger partial charge in [0.1, 0.15) is 11.6 Å². The van der Waals surface area contributed by atoms with E-state index in [2.05, 4.69) is 26.2 Å². The summed E-state index contributed by atoms with van der Waals surface area (Å²) in [5.74, 6) is 0.228. The van der Waals surface area contributed by atoms with Gasteiger partial charge in [-0.15, -0.1) is 0 Å². The summed E-state index contributed by atoms with van der Waals surface area (Å²) in [6.45, 7) is 1.84. The first-order chi connectivity index (χ1) is 8.56. The third kappa shape index (κ3) is 2.87. The smallest absolute Gasteiger partial charge is 0.256 e. The van der Waals surface area contributed by atoms with Crippen LogP contribution in [-0.4, -0.2) is 16.0 Å². The molecule has 1 aromatic carbocycles. The molecule has 0 aliphatic rings. The molecule has 0 saturated heterocycles. The number of phenolic OH excluding ortho intramolecular Hbond substituents is 1. The molecule has 0 radical (unpaired) electrons. The van der Waals surface area contributed by atoms with Gasteiger partial charge < -0.3 is 10.4 Å². The molecule has 4 nitrogen and oxygen atoms in total. The van der Waals surface area contributed by atoms with Gasteiger partial charge in [-0.1, -0.05) is 6.07 Å². The SMILES string of the molecule is Cc1nc(NC(=O)c2cccc(O)c2)ccc1Br. The van der Waals surface area contributed by atoms with Gasteiger partial charge in [0.05, 0.1) is 5.69 Å². The Balaban J connectivity index is 2.18. The molecule has 1 amide bonds. The van der Waals surface area contributed by atoms with Crippen molar-refractivity contribution in [2.75, 3.05) is 5.32 Å². The van der Waals surface area contributed by atoms with Crippen molar-refractivity contribution in [2.24, 2.45) is 0 Å². The van der Waals surface area contributed by atoms with Crippen LogP contribution in [0.2, 0.25) is 0 Å². The highest BCUT2D eigenvalue weighted by molar-refractivity contribution is 9.10. The number of carbonyl (C=O) groups is 1. The Hall–Kier alpha value is -1.88. The van der Waals surface area contributed by atoms with E-state index >= 15 is 0 Å². The number of aryl methyl sites for hydroxylation is 1. The van der Waals surface area contributed by atoms with Gasteiger partial charge in [0.2, 0.25) is 0 Å². The number of aromatic hydroxyl groups is 1. The Morgan fingerprint density at radius 1 is 1.33 bits per heavy atom. The van der Waals surface area contributed by atoms with Crippen LogP contribution in [0.25, 0.3) is 0 Å². The quantitative estimate of drug-likeness (QED) is 0.896. The summed E-state index contributed by atoms with van der Waals surface area (Å²) < 4.78 is 0.887. The van der Waals surface area contributed by atoms with Crippen LogP contribution in [0.5, 0.6) is 5.75 Å². The highest BCUT2D eigenvalue weighted by Crippen LogP contribution is 2.17. The lowest BCUT2D eigenvalue weighted by molar-refractivity contribution is 0.102. The largest absolute Gasteiger partial charge is 0.508 e. The molecule has 2 N–H and O–H groups in total. The molecule has 0 saturated carbocycles. The zero-order chi connectivity index (χ0) is 13.1. The second-order valence-electron chi connectivity index (χ2n) is 3.77. The fraction of sp³-hybridized carbons (Fsp3) is 0.0769. The number of pyridine rings is 1. The van der Waals surface area contributed by atoms with Crippen molar-refractivity contribution < 1.29 is 9.90 Å². The van der Waals surface area contributed by atoms with E-state index in [1.165, 1.54) is 12.1 Å². The molecule has 18 heavy (non-hydrogen) atoms. The molecule has 0 spiro atoms. The lowest BCUT2D eigenvalue weighted by atomic mass is 10.2. The zero-order valence-corrected chi connectivity index (χ0v) is 11.2. The van der Waals surface area contributed by atoms with Crippen LogP contribution in [0.15, 0.2) is 40.9 Å². The van der Waals surface area contributed by atoms with Crippen molar-refractivity contribution in [3.63, 3.8) is 0 Å². The number of hydrogen-bond acceptors (Lipinski definition) is 3. The second kappa shape index (κ2) is 5.18. The minimum atomic E-state index is -0.305. The maximum Gasteiger partial charge on any atom is 0.256 e. The maximum atomic E-state index is 11.9. The molecule has 2 rings (SSSR count). The van der Waals surface area contributed by atoms with E-state index in [4.69, 9.17) is 0 Å². The molecule has 0 aliphatic heterocycles. The summed E-state index contributed by atoms with van der Waals surface area (Å²) >= 11 is 3.34. The van der Waals surface area contributed by atoms with E-state index in [1.807, 2.05) is 13.0 Å². The van der Waals surface area contributed by atoms with Crippen LogP contribution >= 0.6 is 15.9 Å².